The van der Waals surface area contributed by atoms with Crippen molar-refractivity contribution in [3.05, 3.63) is 34.3 Å². The number of aliphatic imine (C=N–C) groups is 1. The lowest BCUT2D eigenvalue weighted by Gasteiger charge is -2.07. The predicted molar refractivity (Wildman–Crippen MR) is 59.3 cm³/mol. The summed E-state index contributed by atoms with van der Waals surface area (Å²) in [7, 11) is 1.28. The third-order valence-corrected chi connectivity index (χ3v) is 2.44. The van der Waals surface area contributed by atoms with Crippen molar-refractivity contribution in [2.45, 2.75) is 13.0 Å². The predicted octanol–water partition coefficient (Wildman–Crippen LogP) is 2.52. The van der Waals surface area contributed by atoms with Crippen molar-refractivity contribution in [3.8, 4) is 0 Å². The van der Waals surface area contributed by atoms with Crippen LogP contribution in [0.5, 0.6) is 0 Å². The molecule has 0 radical (unpaired) electrons. The van der Waals surface area contributed by atoms with Gasteiger partial charge in [0.05, 0.1) is 23.7 Å². The summed E-state index contributed by atoms with van der Waals surface area (Å²) in [4.78, 5) is 24.9. The first kappa shape index (κ1) is 12.4. The Bertz CT molecular complexity index is 453. The Hall–Kier alpha value is -1.64. The molecule has 0 aliphatic rings. The molecule has 0 spiro atoms. The Balaban J connectivity index is 3.08. The van der Waals surface area contributed by atoms with E-state index in [-0.39, 0.29) is 16.6 Å². The highest BCUT2D eigenvalue weighted by atomic mass is 35.5. The highest BCUT2D eigenvalue weighted by Gasteiger charge is 2.12. The average molecular weight is 240 g/mol. The van der Waals surface area contributed by atoms with Crippen molar-refractivity contribution >= 4 is 23.7 Å². The molecule has 1 rings (SSSR count). The molecule has 1 aromatic rings. The van der Waals surface area contributed by atoms with Gasteiger partial charge in [-0.25, -0.2) is 9.59 Å². The zero-order valence-corrected chi connectivity index (χ0v) is 9.62. The molecule has 0 amide bonds. The first-order valence-electron chi connectivity index (χ1n) is 4.55. The van der Waals surface area contributed by atoms with E-state index in [2.05, 4.69) is 9.73 Å². The Kier molecular flexibility index (Phi) is 4.23. The van der Waals surface area contributed by atoms with Gasteiger partial charge in [0.1, 0.15) is 0 Å². The lowest BCUT2D eigenvalue weighted by molar-refractivity contribution is 0.0601. The van der Waals surface area contributed by atoms with Crippen molar-refractivity contribution < 1.29 is 14.3 Å². The van der Waals surface area contributed by atoms with Gasteiger partial charge in [-0.2, -0.15) is 4.99 Å². The van der Waals surface area contributed by atoms with Crippen LogP contribution in [-0.4, -0.2) is 19.2 Å². The number of esters is 1. The molecule has 0 aliphatic carbocycles. The van der Waals surface area contributed by atoms with Crippen LogP contribution in [0, 0.1) is 0 Å². The molecule has 0 aromatic heterocycles. The molecule has 5 heteroatoms. The normalized spacial score (nSPS) is 11.4. The molecule has 0 saturated carbocycles. The van der Waals surface area contributed by atoms with Crippen molar-refractivity contribution in [2.75, 3.05) is 7.11 Å². The highest BCUT2D eigenvalue weighted by molar-refractivity contribution is 6.33. The number of hydrogen-bond donors (Lipinski definition) is 0. The van der Waals surface area contributed by atoms with Crippen LogP contribution in [0.25, 0.3) is 0 Å². The van der Waals surface area contributed by atoms with E-state index in [9.17, 15) is 9.59 Å². The Labute approximate surface area is 97.9 Å². The van der Waals surface area contributed by atoms with Gasteiger partial charge in [0.15, 0.2) is 0 Å². The minimum atomic E-state index is -0.497. The van der Waals surface area contributed by atoms with Crippen molar-refractivity contribution in [1.82, 2.24) is 0 Å². The van der Waals surface area contributed by atoms with Crippen LogP contribution in [0.1, 0.15) is 28.9 Å². The Morgan fingerprint density at radius 2 is 2.25 bits per heavy atom. The fourth-order valence-corrected chi connectivity index (χ4v) is 1.49. The summed E-state index contributed by atoms with van der Waals surface area (Å²) in [6, 6.07) is 4.46. The largest absolute Gasteiger partial charge is 0.465 e. The van der Waals surface area contributed by atoms with E-state index in [0.29, 0.717) is 0 Å². The Morgan fingerprint density at radius 1 is 1.56 bits per heavy atom. The van der Waals surface area contributed by atoms with E-state index < -0.39 is 5.97 Å². The number of benzene rings is 1. The molecular formula is C11H10ClNO3. The van der Waals surface area contributed by atoms with E-state index in [0.717, 1.165) is 5.56 Å². The van der Waals surface area contributed by atoms with Crippen LogP contribution in [0.15, 0.2) is 23.2 Å². The monoisotopic (exact) mass is 239 g/mol. The van der Waals surface area contributed by atoms with Gasteiger partial charge < -0.3 is 4.74 Å². The van der Waals surface area contributed by atoms with Crippen molar-refractivity contribution in [1.29, 1.82) is 0 Å². The standard InChI is InChI=1S/C11H10ClNO3/c1-7(13-6-14)8-3-4-9(10(12)5-8)11(15)16-2/h3-5,7H,1-2H3. The minimum Gasteiger partial charge on any atom is -0.465 e. The minimum absolute atomic E-state index is 0.275. The molecular weight excluding hydrogens is 230 g/mol. The number of rotatable bonds is 3. The molecule has 0 heterocycles. The maximum Gasteiger partial charge on any atom is 0.339 e. The summed E-state index contributed by atoms with van der Waals surface area (Å²) in [6.45, 7) is 1.73. The molecule has 0 bridgehead atoms. The number of nitrogens with zero attached hydrogens (tertiary/aromatic N) is 1. The van der Waals surface area contributed by atoms with Gasteiger partial charge in [-0.05, 0) is 24.6 Å². The van der Waals surface area contributed by atoms with E-state index in [1.807, 2.05) is 0 Å². The first-order chi connectivity index (χ1) is 7.60. The van der Waals surface area contributed by atoms with Gasteiger partial charge in [0, 0.05) is 0 Å². The second-order valence-electron chi connectivity index (χ2n) is 3.13. The molecule has 16 heavy (non-hydrogen) atoms. The fourth-order valence-electron chi connectivity index (χ4n) is 1.22. The summed E-state index contributed by atoms with van der Waals surface area (Å²) >= 11 is 5.91. The third-order valence-electron chi connectivity index (χ3n) is 2.13. The van der Waals surface area contributed by atoms with Gasteiger partial charge in [-0.1, -0.05) is 17.7 Å². The second-order valence-corrected chi connectivity index (χ2v) is 3.53. The quantitative estimate of drug-likeness (QED) is 0.463. The van der Waals surface area contributed by atoms with Crippen LogP contribution in [0.4, 0.5) is 0 Å². The van der Waals surface area contributed by atoms with E-state index in [1.165, 1.54) is 13.2 Å². The van der Waals surface area contributed by atoms with Crippen LogP contribution in [0.2, 0.25) is 5.02 Å². The molecule has 1 aromatic carbocycles. The summed E-state index contributed by atoms with van der Waals surface area (Å²) < 4.78 is 4.56. The van der Waals surface area contributed by atoms with Crippen LogP contribution in [-0.2, 0) is 9.53 Å². The van der Waals surface area contributed by atoms with Gasteiger partial charge in [-0.3, -0.25) is 0 Å². The number of ether oxygens (including phenoxy) is 1. The van der Waals surface area contributed by atoms with Gasteiger partial charge in [0.2, 0.25) is 6.08 Å². The Morgan fingerprint density at radius 3 is 2.75 bits per heavy atom. The SMILES string of the molecule is COC(=O)c1ccc(C(C)N=C=O)cc1Cl. The zero-order chi connectivity index (χ0) is 12.1. The lowest BCUT2D eigenvalue weighted by Crippen LogP contribution is -2.02. The molecule has 84 valence electrons. The van der Waals surface area contributed by atoms with Crippen molar-refractivity contribution in [3.63, 3.8) is 0 Å². The van der Waals surface area contributed by atoms with E-state index in [1.54, 1.807) is 25.1 Å². The van der Waals surface area contributed by atoms with Crippen LogP contribution in [0.3, 0.4) is 0 Å². The fraction of sp³-hybridized carbons (Fsp3) is 0.273. The second kappa shape index (κ2) is 5.45. The zero-order valence-electron chi connectivity index (χ0n) is 8.86. The lowest BCUT2D eigenvalue weighted by atomic mass is 10.1. The van der Waals surface area contributed by atoms with E-state index in [4.69, 9.17) is 11.6 Å². The van der Waals surface area contributed by atoms with Gasteiger partial charge in [-0.15, -0.1) is 0 Å². The molecule has 0 aliphatic heterocycles. The third kappa shape index (κ3) is 2.69. The number of halogens is 1. The number of methoxy groups -OCH3 is 1. The summed E-state index contributed by atoms with van der Waals surface area (Å²) in [5.74, 6) is -0.497. The van der Waals surface area contributed by atoms with Crippen LogP contribution < -0.4 is 0 Å². The number of carbonyl (C=O) groups excluding carboxylic acids is 2. The van der Waals surface area contributed by atoms with Gasteiger partial charge >= 0.3 is 5.97 Å². The summed E-state index contributed by atoms with van der Waals surface area (Å²) in [6.07, 6.45) is 1.47. The molecule has 1 unspecified atom stereocenters. The van der Waals surface area contributed by atoms with Crippen molar-refractivity contribution in [2.24, 2.45) is 4.99 Å². The maximum atomic E-state index is 11.2. The number of hydrogen-bond acceptors (Lipinski definition) is 4. The van der Waals surface area contributed by atoms with E-state index >= 15 is 0 Å². The molecule has 0 N–H and O–H groups in total. The molecule has 0 saturated heterocycles. The topological polar surface area (TPSA) is 55.7 Å². The number of carbonyl (C=O) groups is 1. The van der Waals surface area contributed by atoms with Gasteiger partial charge in [0.25, 0.3) is 0 Å². The smallest absolute Gasteiger partial charge is 0.339 e. The first-order valence-corrected chi connectivity index (χ1v) is 4.92. The molecule has 4 nitrogen and oxygen atoms in total. The molecule has 0 fully saturated rings. The summed E-state index contributed by atoms with van der Waals surface area (Å²) in [5.41, 5.74) is 1.02. The average Bonchev–Trinajstić information content (AvgIpc) is 2.28. The highest BCUT2D eigenvalue weighted by Crippen LogP contribution is 2.24. The number of isocyanates is 1. The summed E-state index contributed by atoms with van der Waals surface area (Å²) in [5, 5.41) is 0.275. The van der Waals surface area contributed by atoms with Crippen LogP contribution >= 0.6 is 11.6 Å². The maximum absolute atomic E-state index is 11.2. The molecule has 1 atom stereocenters.